The maximum atomic E-state index is 11.7. The molecule has 0 radical (unpaired) electrons. The van der Waals surface area contributed by atoms with Crippen LogP contribution in [0.15, 0.2) is 24.3 Å². The van der Waals surface area contributed by atoms with Crippen LogP contribution in [-0.2, 0) is 9.53 Å². The molecule has 0 aliphatic rings. The van der Waals surface area contributed by atoms with Gasteiger partial charge in [-0.05, 0) is 24.6 Å². The van der Waals surface area contributed by atoms with Crippen LogP contribution < -0.4 is 0 Å². The van der Waals surface area contributed by atoms with Crippen molar-refractivity contribution in [3.05, 3.63) is 34.9 Å². The van der Waals surface area contributed by atoms with E-state index >= 15 is 0 Å². The van der Waals surface area contributed by atoms with Crippen molar-refractivity contribution < 1.29 is 9.53 Å². The highest BCUT2D eigenvalue weighted by Crippen LogP contribution is 2.22. The summed E-state index contributed by atoms with van der Waals surface area (Å²) < 4.78 is 4.97. The lowest BCUT2D eigenvalue weighted by Crippen LogP contribution is -2.15. The third-order valence-electron chi connectivity index (χ3n) is 2.17. The number of carbonyl (C=O) groups is 1. The summed E-state index contributed by atoms with van der Waals surface area (Å²) in [4.78, 5) is 11.7. The van der Waals surface area contributed by atoms with Crippen molar-refractivity contribution in [1.29, 1.82) is 0 Å². The molecule has 0 aliphatic heterocycles. The molecule has 16 heavy (non-hydrogen) atoms. The lowest BCUT2D eigenvalue weighted by Gasteiger charge is -2.13. The Morgan fingerprint density at radius 3 is 2.62 bits per heavy atom. The van der Waals surface area contributed by atoms with Crippen molar-refractivity contribution in [3.8, 4) is 12.3 Å². The zero-order valence-corrected chi connectivity index (χ0v) is 9.83. The number of benzene rings is 1. The van der Waals surface area contributed by atoms with E-state index in [9.17, 15) is 4.79 Å². The van der Waals surface area contributed by atoms with Crippen molar-refractivity contribution >= 4 is 17.6 Å². The lowest BCUT2D eigenvalue weighted by molar-refractivity contribution is -0.144. The molecule has 1 rings (SSSR count). The summed E-state index contributed by atoms with van der Waals surface area (Å²) in [6.07, 6.45) is 5.58. The predicted octanol–water partition coefficient (Wildman–Crippen LogP) is 3.01. The molecule has 0 saturated heterocycles. The number of rotatable bonds is 4. The Balaban J connectivity index is 2.89. The highest BCUT2D eigenvalue weighted by Gasteiger charge is 2.20. The van der Waals surface area contributed by atoms with Gasteiger partial charge in [-0.3, -0.25) is 4.79 Å². The number of hydrogen-bond donors (Lipinski definition) is 0. The van der Waals surface area contributed by atoms with Crippen LogP contribution in [0, 0.1) is 12.3 Å². The Kier molecular flexibility index (Phi) is 4.88. The van der Waals surface area contributed by atoms with Crippen LogP contribution in [0.25, 0.3) is 0 Å². The summed E-state index contributed by atoms with van der Waals surface area (Å²) in [7, 11) is 0. The molecule has 1 aromatic rings. The van der Waals surface area contributed by atoms with Crippen LogP contribution >= 0.6 is 11.6 Å². The topological polar surface area (TPSA) is 26.3 Å². The first-order valence-electron chi connectivity index (χ1n) is 5.04. The fourth-order valence-corrected chi connectivity index (χ4v) is 1.52. The molecule has 0 spiro atoms. The van der Waals surface area contributed by atoms with Crippen LogP contribution in [0.3, 0.4) is 0 Å². The fraction of sp³-hybridized carbons (Fsp3) is 0.308. The minimum atomic E-state index is -0.401. The summed E-state index contributed by atoms with van der Waals surface area (Å²) in [5.41, 5.74) is 0.834. The van der Waals surface area contributed by atoms with Gasteiger partial charge in [-0.1, -0.05) is 23.7 Å². The Hall–Kier alpha value is -1.46. The third-order valence-corrected chi connectivity index (χ3v) is 2.42. The number of ether oxygens (including phenoxy) is 1. The molecule has 2 nitrogen and oxygen atoms in total. The number of hydrogen-bond acceptors (Lipinski definition) is 2. The van der Waals surface area contributed by atoms with Gasteiger partial charge >= 0.3 is 5.97 Å². The number of terminal acetylenes is 1. The van der Waals surface area contributed by atoms with E-state index in [0.29, 0.717) is 18.1 Å². The minimum absolute atomic E-state index is 0.289. The molecule has 0 fully saturated rings. The SMILES string of the molecule is C#CCC(C(=O)OCC)c1ccc(Cl)cc1. The number of esters is 1. The maximum Gasteiger partial charge on any atom is 0.314 e. The standard InChI is InChI=1S/C13H13ClO2/c1-3-5-12(13(15)16-4-2)10-6-8-11(14)9-7-10/h1,6-9,12H,4-5H2,2H3. The first kappa shape index (κ1) is 12.6. The quantitative estimate of drug-likeness (QED) is 0.593. The van der Waals surface area contributed by atoms with E-state index in [0.717, 1.165) is 5.56 Å². The van der Waals surface area contributed by atoms with Gasteiger partial charge in [0.2, 0.25) is 0 Å². The van der Waals surface area contributed by atoms with Gasteiger partial charge in [-0.15, -0.1) is 12.3 Å². The second kappa shape index (κ2) is 6.19. The van der Waals surface area contributed by atoms with Crippen LogP contribution in [-0.4, -0.2) is 12.6 Å². The highest BCUT2D eigenvalue weighted by molar-refractivity contribution is 6.30. The van der Waals surface area contributed by atoms with Crippen LogP contribution in [0.1, 0.15) is 24.8 Å². The molecule has 3 heteroatoms. The van der Waals surface area contributed by atoms with Gasteiger partial charge < -0.3 is 4.74 Å². The van der Waals surface area contributed by atoms with Gasteiger partial charge in [-0.2, -0.15) is 0 Å². The molecule has 1 unspecified atom stereocenters. The summed E-state index contributed by atoms with van der Waals surface area (Å²) in [5, 5.41) is 0.632. The summed E-state index contributed by atoms with van der Waals surface area (Å²) in [6, 6.07) is 7.06. The molecule has 0 amide bonds. The third kappa shape index (κ3) is 3.29. The second-order valence-electron chi connectivity index (χ2n) is 3.26. The van der Waals surface area contributed by atoms with Crippen molar-refractivity contribution in [2.75, 3.05) is 6.61 Å². The number of halogens is 1. The Bertz CT molecular complexity index is 389. The Morgan fingerprint density at radius 2 is 2.12 bits per heavy atom. The second-order valence-corrected chi connectivity index (χ2v) is 3.70. The van der Waals surface area contributed by atoms with Crippen LogP contribution in [0.5, 0.6) is 0 Å². The van der Waals surface area contributed by atoms with E-state index in [1.165, 1.54) is 0 Å². The average molecular weight is 237 g/mol. The molecule has 84 valence electrons. The smallest absolute Gasteiger partial charge is 0.314 e. The van der Waals surface area contributed by atoms with Crippen LogP contribution in [0.4, 0.5) is 0 Å². The maximum absolute atomic E-state index is 11.7. The van der Waals surface area contributed by atoms with E-state index in [1.807, 2.05) is 0 Å². The Labute approximate surface area is 101 Å². The minimum Gasteiger partial charge on any atom is -0.465 e. The van der Waals surface area contributed by atoms with Gasteiger partial charge in [0, 0.05) is 11.4 Å². The first-order valence-corrected chi connectivity index (χ1v) is 5.42. The van der Waals surface area contributed by atoms with Crippen molar-refractivity contribution in [1.82, 2.24) is 0 Å². The van der Waals surface area contributed by atoms with Gasteiger partial charge in [-0.25, -0.2) is 0 Å². The summed E-state index contributed by atoms with van der Waals surface area (Å²) in [5.74, 6) is 1.80. The molecule has 1 atom stereocenters. The molecule has 0 N–H and O–H groups in total. The zero-order chi connectivity index (χ0) is 12.0. The first-order chi connectivity index (χ1) is 7.69. The molecule has 1 aromatic carbocycles. The average Bonchev–Trinajstić information content (AvgIpc) is 2.28. The van der Waals surface area contributed by atoms with Gasteiger partial charge in [0.15, 0.2) is 0 Å². The van der Waals surface area contributed by atoms with Gasteiger partial charge in [0.1, 0.15) is 0 Å². The van der Waals surface area contributed by atoms with E-state index in [1.54, 1.807) is 31.2 Å². The summed E-state index contributed by atoms with van der Waals surface area (Å²) >= 11 is 5.78. The van der Waals surface area contributed by atoms with Crippen molar-refractivity contribution in [2.24, 2.45) is 0 Å². The highest BCUT2D eigenvalue weighted by atomic mass is 35.5. The number of carbonyl (C=O) groups excluding carboxylic acids is 1. The molecular formula is C13H13ClO2. The van der Waals surface area contributed by atoms with E-state index in [-0.39, 0.29) is 5.97 Å². The van der Waals surface area contributed by atoms with Crippen molar-refractivity contribution in [3.63, 3.8) is 0 Å². The largest absolute Gasteiger partial charge is 0.465 e. The monoisotopic (exact) mass is 236 g/mol. The molecule has 0 saturated carbocycles. The van der Waals surface area contributed by atoms with E-state index in [4.69, 9.17) is 22.8 Å². The molecule has 0 aliphatic carbocycles. The van der Waals surface area contributed by atoms with Crippen molar-refractivity contribution in [2.45, 2.75) is 19.3 Å². The van der Waals surface area contributed by atoms with Gasteiger partial charge in [0.25, 0.3) is 0 Å². The van der Waals surface area contributed by atoms with E-state index < -0.39 is 5.92 Å². The predicted molar refractivity (Wildman–Crippen MR) is 64.3 cm³/mol. The fourth-order valence-electron chi connectivity index (χ4n) is 1.39. The van der Waals surface area contributed by atoms with Gasteiger partial charge in [0.05, 0.1) is 12.5 Å². The normalized spacial score (nSPS) is 11.6. The Morgan fingerprint density at radius 1 is 1.50 bits per heavy atom. The molecule has 0 heterocycles. The molecule has 0 aromatic heterocycles. The summed E-state index contributed by atoms with van der Waals surface area (Å²) in [6.45, 7) is 2.13. The molecule has 0 bridgehead atoms. The van der Waals surface area contributed by atoms with E-state index in [2.05, 4.69) is 5.92 Å². The van der Waals surface area contributed by atoms with Crippen LogP contribution in [0.2, 0.25) is 5.02 Å². The molecular weight excluding hydrogens is 224 g/mol. The zero-order valence-electron chi connectivity index (χ0n) is 9.07. The lowest BCUT2D eigenvalue weighted by atomic mass is 9.96.